The Balaban J connectivity index is 2.12. The molecule has 0 aliphatic carbocycles. The molecule has 0 unspecified atom stereocenters. The Labute approximate surface area is 187 Å². The van der Waals surface area contributed by atoms with Gasteiger partial charge in [-0.3, -0.25) is 9.59 Å². The summed E-state index contributed by atoms with van der Waals surface area (Å²) >= 11 is 0. The lowest BCUT2D eigenvalue weighted by atomic mass is 10.0. The minimum absolute atomic E-state index is 0.0795. The van der Waals surface area contributed by atoms with E-state index in [2.05, 4.69) is 15.2 Å². The number of hydrogen-bond donors (Lipinski definition) is 2. The zero-order valence-corrected chi connectivity index (χ0v) is 18.1. The van der Waals surface area contributed by atoms with E-state index >= 15 is 0 Å². The van der Waals surface area contributed by atoms with E-state index in [1.165, 1.54) is 62.4 Å². The van der Waals surface area contributed by atoms with Gasteiger partial charge < -0.3 is 15.2 Å². The van der Waals surface area contributed by atoms with Crippen molar-refractivity contribution in [3.8, 4) is 22.7 Å². The van der Waals surface area contributed by atoms with Crippen molar-refractivity contribution in [1.82, 2.24) is 15.1 Å². The Morgan fingerprint density at radius 2 is 1.82 bits per heavy atom. The second-order valence-corrected chi connectivity index (χ2v) is 7.89. The number of carbonyl (C=O) groups is 1. The van der Waals surface area contributed by atoms with Gasteiger partial charge in [0.1, 0.15) is 17.1 Å². The lowest BCUT2D eigenvalue weighted by Crippen LogP contribution is -2.48. The Bertz CT molecular complexity index is 1200. The highest BCUT2D eigenvalue weighted by molar-refractivity contribution is 5.95. The van der Waals surface area contributed by atoms with E-state index in [-0.39, 0.29) is 22.7 Å². The Morgan fingerprint density at radius 3 is 2.39 bits per heavy atom. The summed E-state index contributed by atoms with van der Waals surface area (Å²) in [6.45, 7) is 1.60. The minimum atomic E-state index is -2.99. The number of hydrogen-bond acceptors (Lipinski definition) is 5. The molecule has 0 aliphatic rings. The molecule has 0 saturated heterocycles. The van der Waals surface area contributed by atoms with Gasteiger partial charge in [-0.05, 0) is 69.3 Å². The van der Waals surface area contributed by atoms with Gasteiger partial charge in [0.15, 0.2) is 0 Å². The molecule has 3 aromatic rings. The van der Waals surface area contributed by atoms with E-state index in [0.29, 0.717) is 5.56 Å². The van der Waals surface area contributed by atoms with Crippen LogP contribution in [0.5, 0.6) is 5.75 Å². The number of nitrogens with zero attached hydrogens (tertiary/aromatic N) is 2. The standard InChI is InChI=1S/C23H22F3N3O4/c1-13(23(2,3)32)27-20(30)18-12-19(14-7-9-17(10-8-14)33-22(25)26)28-29(21(18)31)16-6-4-5-15(24)11-16/h4-13,22,32H,1-3H3,(H,27,30)/t13-/m0/s1. The normalized spacial score (nSPS) is 12.5. The van der Waals surface area contributed by atoms with E-state index in [9.17, 15) is 27.9 Å². The maximum absolute atomic E-state index is 13.8. The molecular weight excluding hydrogens is 439 g/mol. The predicted octanol–water partition coefficient (Wildman–Crippen LogP) is 3.53. The highest BCUT2D eigenvalue weighted by Gasteiger charge is 2.26. The molecule has 0 saturated carbocycles. The van der Waals surface area contributed by atoms with Crippen LogP contribution >= 0.6 is 0 Å². The van der Waals surface area contributed by atoms with Gasteiger partial charge in [0, 0.05) is 5.56 Å². The van der Waals surface area contributed by atoms with Crippen LogP contribution in [0.3, 0.4) is 0 Å². The van der Waals surface area contributed by atoms with E-state index in [1.807, 2.05) is 0 Å². The number of aromatic nitrogens is 2. The molecule has 2 aromatic carbocycles. The van der Waals surface area contributed by atoms with Crippen LogP contribution in [-0.4, -0.2) is 39.0 Å². The van der Waals surface area contributed by atoms with E-state index in [1.54, 1.807) is 6.92 Å². The number of carbonyl (C=O) groups excluding carboxylic acids is 1. The molecule has 0 spiro atoms. The fraction of sp³-hybridized carbons (Fsp3) is 0.261. The summed E-state index contributed by atoms with van der Waals surface area (Å²) in [5.41, 5.74) is -1.72. The van der Waals surface area contributed by atoms with Crippen LogP contribution in [0.2, 0.25) is 0 Å². The van der Waals surface area contributed by atoms with Gasteiger partial charge in [0.2, 0.25) is 0 Å². The van der Waals surface area contributed by atoms with Crippen LogP contribution in [0.1, 0.15) is 31.1 Å². The average Bonchev–Trinajstić information content (AvgIpc) is 2.73. The van der Waals surface area contributed by atoms with Crippen LogP contribution in [0.4, 0.5) is 13.2 Å². The first-order valence-electron chi connectivity index (χ1n) is 9.94. The summed E-state index contributed by atoms with van der Waals surface area (Å²) < 4.78 is 43.9. The van der Waals surface area contributed by atoms with Gasteiger partial charge in [0.05, 0.1) is 23.0 Å². The zero-order valence-electron chi connectivity index (χ0n) is 18.1. The molecule has 3 rings (SSSR count). The van der Waals surface area contributed by atoms with Crippen LogP contribution in [0.25, 0.3) is 16.9 Å². The number of halogens is 3. The molecule has 2 N–H and O–H groups in total. The summed E-state index contributed by atoms with van der Waals surface area (Å²) in [4.78, 5) is 26.0. The molecule has 174 valence electrons. The summed E-state index contributed by atoms with van der Waals surface area (Å²) in [6.07, 6.45) is 0. The monoisotopic (exact) mass is 461 g/mol. The number of ether oxygens (including phenoxy) is 1. The molecule has 1 atom stereocenters. The predicted molar refractivity (Wildman–Crippen MR) is 115 cm³/mol. The number of rotatable bonds is 7. The van der Waals surface area contributed by atoms with Crippen LogP contribution in [-0.2, 0) is 0 Å². The second-order valence-electron chi connectivity index (χ2n) is 7.89. The number of nitrogens with one attached hydrogen (secondary N) is 1. The topological polar surface area (TPSA) is 93.5 Å². The van der Waals surface area contributed by atoms with Crippen LogP contribution in [0, 0.1) is 5.82 Å². The molecule has 1 aromatic heterocycles. The van der Waals surface area contributed by atoms with Gasteiger partial charge in [0.25, 0.3) is 11.5 Å². The van der Waals surface area contributed by atoms with Crippen molar-refractivity contribution in [3.05, 3.63) is 76.3 Å². The summed E-state index contributed by atoms with van der Waals surface area (Å²) in [6, 6.07) is 11.1. The molecule has 0 radical (unpaired) electrons. The molecule has 7 nitrogen and oxygen atoms in total. The number of amides is 1. The van der Waals surface area contributed by atoms with Gasteiger partial charge >= 0.3 is 6.61 Å². The summed E-state index contributed by atoms with van der Waals surface area (Å²) in [7, 11) is 0. The molecule has 0 bridgehead atoms. The van der Waals surface area contributed by atoms with E-state index < -0.39 is 35.5 Å². The van der Waals surface area contributed by atoms with Gasteiger partial charge in [-0.2, -0.15) is 18.6 Å². The van der Waals surface area contributed by atoms with Gasteiger partial charge in [-0.1, -0.05) is 6.07 Å². The summed E-state index contributed by atoms with van der Waals surface area (Å²) in [5.74, 6) is -1.45. The van der Waals surface area contributed by atoms with E-state index in [4.69, 9.17) is 0 Å². The molecule has 1 heterocycles. The van der Waals surface area contributed by atoms with Crippen molar-refractivity contribution >= 4 is 5.91 Å². The average molecular weight is 461 g/mol. The molecule has 0 fully saturated rings. The lowest BCUT2D eigenvalue weighted by Gasteiger charge is -2.26. The number of aliphatic hydroxyl groups is 1. The van der Waals surface area contributed by atoms with Crippen molar-refractivity contribution in [1.29, 1.82) is 0 Å². The fourth-order valence-electron chi connectivity index (χ4n) is 2.84. The Kier molecular flexibility index (Phi) is 6.87. The zero-order chi connectivity index (χ0) is 24.3. The van der Waals surface area contributed by atoms with Crippen LogP contribution < -0.4 is 15.6 Å². The first-order valence-corrected chi connectivity index (χ1v) is 9.94. The first kappa shape index (κ1) is 24.0. The van der Waals surface area contributed by atoms with E-state index in [0.717, 1.165) is 10.7 Å². The smallest absolute Gasteiger partial charge is 0.387 e. The third kappa shape index (κ3) is 5.78. The largest absolute Gasteiger partial charge is 0.435 e. The van der Waals surface area contributed by atoms with Crippen molar-refractivity contribution in [2.75, 3.05) is 0 Å². The second kappa shape index (κ2) is 9.45. The van der Waals surface area contributed by atoms with Crippen molar-refractivity contribution in [3.63, 3.8) is 0 Å². The first-order chi connectivity index (χ1) is 15.5. The van der Waals surface area contributed by atoms with Crippen LogP contribution in [0.15, 0.2) is 59.4 Å². The Hall–Kier alpha value is -3.66. The molecular formula is C23H22F3N3O4. The highest BCUT2D eigenvalue weighted by Crippen LogP contribution is 2.23. The molecule has 10 heteroatoms. The molecule has 1 amide bonds. The van der Waals surface area contributed by atoms with Gasteiger partial charge in [-0.25, -0.2) is 4.39 Å². The maximum Gasteiger partial charge on any atom is 0.387 e. The minimum Gasteiger partial charge on any atom is -0.435 e. The lowest BCUT2D eigenvalue weighted by molar-refractivity contribution is -0.0498. The third-order valence-electron chi connectivity index (χ3n) is 4.99. The quantitative estimate of drug-likeness (QED) is 0.562. The van der Waals surface area contributed by atoms with Gasteiger partial charge in [-0.15, -0.1) is 0 Å². The van der Waals surface area contributed by atoms with Crippen molar-refractivity contribution in [2.24, 2.45) is 0 Å². The molecule has 33 heavy (non-hydrogen) atoms. The van der Waals surface area contributed by atoms with Crippen molar-refractivity contribution < 1.29 is 27.8 Å². The Morgan fingerprint density at radius 1 is 1.15 bits per heavy atom. The molecule has 0 aliphatic heterocycles. The number of benzene rings is 2. The number of alkyl halides is 2. The third-order valence-corrected chi connectivity index (χ3v) is 4.99. The fourth-order valence-corrected chi connectivity index (χ4v) is 2.84. The maximum atomic E-state index is 13.8. The highest BCUT2D eigenvalue weighted by atomic mass is 19.3. The SMILES string of the molecule is C[C@H](NC(=O)c1cc(-c2ccc(OC(F)F)cc2)nn(-c2cccc(F)c2)c1=O)C(C)(C)O. The van der Waals surface area contributed by atoms with Crippen molar-refractivity contribution in [2.45, 2.75) is 39.0 Å². The summed E-state index contributed by atoms with van der Waals surface area (Å²) in [5, 5.41) is 16.9.